The SMILES string of the molecule is CCN(C(=O)c1cc(C2CC2)on1)c1cc(C)cc(C)c1. The van der Waals surface area contributed by atoms with Crippen LogP contribution >= 0.6 is 0 Å². The molecule has 3 rings (SSSR count). The molecule has 0 saturated heterocycles. The molecule has 1 heterocycles. The van der Waals surface area contributed by atoms with E-state index in [0.29, 0.717) is 18.2 Å². The zero-order valence-electron chi connectivity index (χ0n) is 12.7. The van der Waals surface area contributed by atoms with Gasteiger partial charge in [-0.05, 0) is 56.9 Å². The van der Waals surface area contributed by atoms with Crippen LogP contribution in [0.3, 0.4) is 0 Å². The molecular weight excluding hydrogens is 264 g/mol. The van der Waals surface area contributed by atoms with Gasteiger partial charge in [-0.2, -0.15) is 0 Å². The van der Waals surface area contributed by atoms with E-state index in [2.05, 4.69) is 11.2 Å². The van der Waals surface area contributed by atoms with Crippen LogP contribution in [0.1, 0.15) is 53.1 Å². The van der Waals surface area contributed by atoms with Crippen LogP contribution in [-0.4, -0.2) is 17.6 Å². The quantitative estimate of drug-likeness (QED) is 0.857. The Kier molecular flexibility index (Phi) is 3.53. The Bertz CT molecular complexity index is 651. The number of hydrogen-bond donors (Lipinski definition) is 0. The van der Waals surface area contributed by atoms with Gasteiger partial charge in [0.25, 0.3) is 5.91 Å². The highest BCUT2D eigenvalue weighted by molar-refractivity contribution is 6.04. The Labute approximate surface area is 124 Å². The second-order valence-electron chi connectivity index (χ2n) is 5.78. The molecule has 0 aliphatic heterocycles. The van der Waals surface area contributed by atoms with Crippen molar-refractivity contribution in [2.45, 2.75) is 39.5 Å². The average Bonchev–Trinajstić information content (AvgIpc) is 3.16. The second kappa shape index (κ2) is 5.35. The second-order valence-corrected chi connectivity index (χ2v) is 5.78. The third-order valence-electron chi connectivity index (χ3n) is 3.81. The van der Waals surface area contributed by atoms with Gasteiger partial charge in [-0.1, -0.05) is 11.2 Å². The van der Waals surface area contributed by atoms with Gasteiger partial charge in [0, 0.05) is 24.2 Å². The van der Waals surface area contributed by atoms with Crippen molar-refractivity contribution in [2.75, 3.05) is 11.4 Å². The highest BCUT2D eigenvalue weighted by atomic mass is 16.5. The van der Waals surface area contributed by atoms with E-state index in [1.165, 1.54) is 0 Å². The summed E-state index contributed by atoms with van der Waals surface area (Å²) in [5, 5.41) is 3.95. The molecule has 0 bridgehead atoms. The first-order chi connectivity index (χ1) is 10.1. The molecule has 1 aliphatic rings. The van der Waals surface area contributed by atoms with Crippen LogP contribution < -0.4 is 4.90 Å². The summed E-state index contributed by atoms with van der Waals surface area (Å²) in [6, 6.07) is 7.95. The maximum Gasteiger partial charge on any atom is 0.280 e. The number of rotatable bonds is 4. The molecule has 0 unspecified atom stereocenters. The number of aryl methyl sites for hydroxylation is 2. The fourth-order valence-electron chi connectivity index (χ4n) is 2.64. The summed E-state index contributed by atoms with van der Waals surface area (Å²) in [5.41, 5.74) is 3.61. The van der Waals surface area contributed by atoms with Crippen LogP contribution in [0, 0.1) is 13.8 Å². The summed E-state index contributed by atoms with van der Waals surface area (Å²) < 4.78 is 5.29. The third kappa shape index (κ3) is 2.84. The van der Waals surface area contributed by atoms with Crippen LogP contribution in [0.5, 0.6) is 0 Å². The van der Waals surface area contributed by atoms with Crippen molar-refractivity contribution in [1.82, 2.24) is 5.16 Å². The number of nitrogens with zero attached hydrogens (tertiary/aromatic N) is 2. The van der Waals surface area contributed by atoms with Crippen LogP contribution in [0.15, 0.2) is 28.8 Å². The van der Waals surface area contributed by atoms with Crippen molar-refractivity contribution in [3.05, 3.63) is 46.8 Å². The summed E-state index contributed by atoms with van der Waals surface area (Å²) in [6.07, 6.45) is 2.27. The maximum absolute atomic E-state index is 12.7. The lowest BCUT2D eigenvalue weighted by Gasteiger charge is -2.20. The lowest BCUT2D eigenvalue weighted by atomic mass is 10.1. The van der Waals surface area contributed by atoms with Gasteiger partial charge in [0.1, 0.15) is 5.76 Å². The molecule has 1 aromatic carbocycles. The van der Waals surface area contributed by atoms with E-state index < -0.39 is 0 Å². The number of carbonyl (C=O) groups excluding carboxylic acids is 1. The molecule has 2 aromatic rings. The van der Waals surface area contributed by atoms with E-state index in [-0.39, 0.29) is 5.91 Å². The molecule has 0 N–H and O–H groups in total. The largest absolute Gasteiger partial charge is 0.360 e. The molecule has 110 valence electrons. The van der Waals surface area contributed by atoms with Gasteiger partial charge in [-0.25, -0.2) is 0 Å². The number of aromatic nitrogens is 1. The molecule has 1 aromatic heterocycles. The zero-order valence-corrected chi connectivity index (χ0v) is 12.7. The summed E-state index contributed by atoms with van der Waals surface area (Å²) in [6.45, 7) is 6.65. The minimum atomic E-state index is -0.0989. The third-order valence-corrected chi connectivity index (χ3v) is 3.81. The van der Waals surface area contributed by atoms with Crippen molar-refractivity contribution < 1.29 is 9.32 Å². The summed E-state index contributed by atoms with van der Waals surface area (Å²) in [4.78, 5) is 14.4. The number of anilines is 1. The smallest absolute Gasteiger partial charge is 0.280 e. The molecule has 21 heavy (non-hydrogen) atoms. The number of benzene rings is 1. The standard InChI is InChI=1S/C17H20N2O2/c1-4-19(14-8-11(2)7-12(3)9-14)17(20)15-10-16(21-18-15)13-5-6-13/h7-10,13H,4-6H2,1-3H3. The zero-order chi connectivity index (χ0) is 15.0. The van der Waals surface area contributed by atoms with Gasteiger partial charge in [0.15, 0.2) is 5.69 Å². The fourth-order valence-corrected chi connectivity index (χ4v) is 2.64. The summed E-state index contributed by atoms with van der Waals surface area (Å²) in [7, 11) is 0. The van der Waals surface area contributed by atoms with Crippen molar-refractivity contribution in [1.29, 1.82) is 0 Å². The molecule has 1 fully saturated rings. The van der Waals surface area contributed by atoms with Gasteiger partial charge in [0.05, 0.1) is 0 Å². The van der Waals surface area contributed by atoms with E-state index in [4.69, 9.17) is 4.52 Å². The van der Waals surface area contributed by atoms with Crippen LogP contribution in [0.25, 0.3) is 0 Å². The molecule has 0 spiro atoms. The summed E-state index contributed by atoms with van der Waals surface area (Å²) >= 11 is 0. The first-order valence-electron chi connectivity index (χ1n) is 7.45. The van der Waals surface area contributed by atoms with Gasteiger partial charge < -0.3 is 9.42 Å². The highest BCUT2D eigenvalue weighted by Gasteiger charge is 2.30. The molecule has 1 saturated carbocycles. The van der Waals surface area contributed by atoms with E-state index in [9.17, 15) is 4.79 Å². The predicted octanol–water partition coefficient (Wildman–Crippen LogP) is 3.84. The monoisotopic (exact) mass is 284 g/mol. The van der Waals surface area contributed by atoms with E-state index >= 15 is 0 Å². The lowest BCUT2D eigenvalue weighted by molar-refractivity contribution is 0.0979. The Morgan fingerprint density at radius 1 is 1.24 bits per heavy atom. The number of amides is 1. The first kappa shape index (κ1) is 13.9. The number of carbonyl (C=O) groups is 1. The average molecular weight is 284 g/mol. The highest BCUT2D eigenvalue weighted by Crippen LogP contribution is 2.40. The first-order valence-corrected chi connectivity index (χ1v) is 7.45. The van der Waals surface area contributed by atoms with Gasteiger partial charge in [-0.3, -0.25) is 4.79 Å². The molecule has 1 amide bonds. The van der Waals surface area contributed by atoms with Crippen molar-refractivity contribution in [2.24, 2.45) is 0 Å². The Morgan fingerprint density at radius 2 is 1.90 bits per heavy atom. The molecule has 0 radical (unpaired) electrons. The Balaban J connectivity index is 1.88. The van der Waals surface area contributed by atoms with Crippen LogP contribution in [0.2, 0.25) is 0 Å². The fraction of sp³-hybridized carbons (Fsp3) is 0.412. The van der Waals surface area contributed by atoms with E-state index in [1.54, 1.807) is 11.0 Å². The molecule has 1 aliphatic carbocycles. The maximum atomic E-state index is 12.7. The Hall–Kier alpha value is -2.10. The van der Waals surface area contributed by atoms with E-state index in [1.807, 2.05) is 32.9 Å². The van der Waals surface area contributed by atoms with Crippen molar-refractivity contribution in [3.63, 3.8) is 0 Å². The molecular formula is C17H20N2O2. The topological polar surface area (TPSA) is 46.3 Å². The minimum Gasteiger partial charge on any atom is -0.360 e. The van der Waals surface area contributed by atoms with Gasteiger partial charge in [-0.15, -0.1) is 0 Å². The van der Waals surface area contributed by atoms with Gasteiger partial charge >= 0.3 is 0 Å². The summed E-state index contributed by atoms with van der Waals surface area (Å²) in [5.74, 6) is 1.21. The minimum absolute atomic E-state index is 0.0989. The Morgan fingerprint density at radius 3 is 2.48 bits per heavy atom. The normalized spacial score (nSPS) is 14.2. The lowest BCUT2D eigenvalue weighted by Crippen LogP contribution is -2.31. The van der Waals surface area contributed by atoms with Crippen LogP contribution in [0.4, 0.5) is 5.69 Å². The predicted molar refractivity (Wildman–Crippen MR) is 81.7 cm³/mol. The molecule has 4 nitrogen and oxygen atoms in total. The van der Waals surface area contributed by atoms with Gasteiger partial charge in [0.2, 0.25) is 0 Å². The van der Waals surface area contributed by atoms with Crippen molar-refractivity contribution in [3.8, 4) is 0 Å². The molecule has 4 heteroatoms. The van der Waals surface area contributed by atoms with E-state index in [0.717, 1.165) is 35.4 Å². The number of hydrogen-bond acceptors (Lipinski definition) is 3. The molecule has 0 atom stereocenters. The van der Waals surface area contributed by atoms with Crippen molar-refractivity contribution >= 4 is 11.6 Å². The van der Waals surface area contributed by atoms with Crippen LogP contribution in [-0.2, 0) is 0 Å².